The smallest absolute Gasteiger partial charge is 0.475 e. The van der Waals surface area contributed by atoms with E-state index in [4.69, 9.17) is 14.6 Å². The first-order valence-corrected chi connectivity index (χ1v) is 6.41. The summed E-state index contributed by atoms with van der Waals surface area (Å²) in [4.78, 5) is 12.9. The Bertz CT molecular complexity index is 420. The fraction of sp³-hybridized carbons (Fsp3) is 0.538. The topological polar surface area (TPSA) is 71.5 Å². The fourth-order valence-corrected chi connectivity index (χ4v) is 1.66. The molecule has 0 aliphatic carbocycles. The Labute approximate surface area is 120 Å². The van der Waals surface area contributed by atoms with Crippen LogP contribution in [0.25, 0.3) is 0 Å². The van der Waals surface area contributed by atoms with Crippen molar-refractivity contribution in [2.24, 2.45) is 0 Å². The maximum Gasteiger partial charge on any atom is 0.490 e. The molecule has 0 amide bonds. The molecule has 0 aromatic carbocycles. The van der Waals surface area contributed by atoms with E-state index in [0.29, 0.717) is 12.7 Å². The van der Waals surface area contributed by atoms with Crippen molar-refractivity contribution in [3.63, 3.8) is 0 Å². The summed E-state index contributed by atoms with van der Waals surface area (Å²) < 4.78 is 37.5. The largest absolute Gasteiger partial charge is 0.490 e. The predicted octanol–water partition coefficient (Wildman–Crippen LogP) is 1.98. The molecule has 2 rings (SSSR count). The molecule has 0 saturated carbocycles. The van der Waals surface area contributed by atoms with Crippen LogP contribution in [-0.2, 0) is 16.1 Å². The van der Waals surface area contributed by atoms with E-state index in [2.05, 4.69) is 10.3 Å². The number of aromatic nitrogens is 1. The van der Waals surface area contributed by atoms with E-state index in [9.17, 15) is 13.2 Å². The van der Waals surface area contributed by atoms with Gasteiger partial charge in [0.05, 0.1) is 12.7 Å². The van der Waals surface area contributed by atoms with Crippen molar-refractivity contribution >= 4 is 5.97 Å². The van der Waals surface area contributed by atoms with Gasteiger partial charge in [-0.05, 0) is 43.6 Å². The zero-order chi connectivity index (χ0) is 15.7. The lowest BCUT2D eigenvalue weighted by molar-refractivity contribution is -0.192. The van der Waals surface area contributed by atoms with Crippen molar-refractivity contribution in [2.45, 2.75) is 31.7 Å². The monoisotopic (exact) mass is 306 g/mol. The standard InChI is InChI=1S/C11H16N2O.C2HF3O2/c1-5-12-6-2-10(1)9-14-11-3-7-13-8-4-11;3-2(4,5)1(6)7/h1-2,5-6,11,13H,3-4,7-9H2;(H,6,7). The average molecular weight is 306 g/mol. The number of piperidine rings is 1. The first kappa shape index (κ1) is 17.4. The minimum Gasteiger partial charge on any atom is -0.475 e. The molecule has 118 valence electrons. The van der Waals surface area contributed by atoms with Gasteiger partial charge in [-0.25, -0.2) is 4.79 Å². The molecule has 1 aliphatic heterocycles. The summed E-state index contributed by atoms with van der Waals surface area (Å²) in [5, 5.41) is 10.4. The molecule has 0 radical (unpaired) electrons. The maximum absolute atomic E-state index is 10.6. The fourth-order valence-electron chi connectivity index (χ4n) is 1.66. The maximum atomic E-state index is 10.6. The molecule has 1 aromatic heterocycles. The Morgan fingerprint density at radius 1 is 1.33 bits per heavy atom. The minimum atomic E-state index is -5.08. The Balaban J connectivity index is 0.000000270. The van der Waals surface area contributed by atoms with Gasteiger partial charge in [0.25, 0.3) is 0 Å². The van der Waals surface area contributed by atoms with Gasteiger partial charge in [0.2, 0.25) is 0 Å². The number of aliphatic carboxylic acids is 1. The molecule has 0 unspecified atom stereocenters. The lowest BCUT2D eigenvalue weighted by atomic mass is 10.1. The summed E-state index contributed by atoms with van der Waals surface area (Å²) in [7, 11) is 0. The number of hydrogen-bond acceptors (Lipinski definition) is 4. The number of nitrogens with zero attached hydrogens (tertiary/aromatic N) is 1. The predicted molar refractivity (Wildman–Crippen MR) is 68.6 cm³/mol. The molecule has 5 nitrogen and oxygen atoms in total. The van der Waals surface area contributed by atoms with Gasteiger partial charge in [-0.15, -0.1) is 0 Å². The molecule has 1 saturated heterocycles. The Morgan fingerprint density at radius 2 is 1.86 bits per heavy atom. The molecule has 21 heavy (non-hydrogen) atoms. The first-order chi connectivity index (χ1) is 9.89. The summed E-state index contributed by atoms with van der Waals surface area (Å²) in [5.74, 6) is -2.76. The van der Waals surface area contributed by atoms with Crippen molar-refractivity contribution in [3.05, 3.63) is 30.1 Å². The van der Waals surface area contributed by atoms with Gasteiger partial charge in [-0.1, -0.05) is 0 Å². The van der Waals surface area contributed by atoms with Crippen LogP contribution in [0.5, 0.6) is 0 Å². The normalized spacial score (nSPS) is 16.0. The van der Waals surface area contributed by atoms with Crippen molar-refractivity contribution in [3.8, 4) is 0 Å². The van der Waals surface area contributed by atoms with Crippen molar-refractivity contribution in [1.82, 2.24) is 10.3 Å². The third-order valence-electron chi connectivity index (χ3n) is 2.76. The molecule has 0 spiro atoms. The van der Waals surface area contributed by atoms with Crippen LogP contribution < -0.4 is 5.32 Å². The van der Waals surface area contributed by atoms with Crippen LogP contribution in [0.2, 0.25) is 0 Å². The van der Waals surface area contributed by atoms with Gasteiger partial charge in [0.1, 0.15) is 0 Å². The van der Waals surface area contributed by atoms with Gasteiger partial charge in [-0.3, -0.25) is 4.98 Å². The van der Waals surface area contributed by atoms with Crippen molar-refractivity contribution < 1.29 is 27.8 Å². The zero-order valence-corrected chi connectivity index (χ0v) is 11.3. The minimum absolute atomic E-state index is 0.435. The van der Waals surface area contributed by atoms with Gasteiger partial charge < -0.3 is 15.2 Å². The molecule has 8 heteroatoms. The Morgan fingerprint density at radius 3 is 2.33 bits per heavy atom. The number of nitrogens with one attached hydrogen (secondary N) is 1. The highest BCUT2D eigenvalue weighted by atomic mass is 19.4. The molecule has 1 fully saturated rings. The number of carbonyl (C=O) groups is 1. The van der Waals surface area contributed by atoms with Gasteiger partial charge in [0, 0.05) is 12.4 Å². The zero-order valence-electron chi connectivity index (χ0n) is 11.3. The average Bonchev–Trinajstić information content (AvgIpc) is 2.47. The highest BCUT2D eigenvalue weighted by Gasteiger charge is 2.38. The van der Waals surface area contributed by atoms with Gasteiger partial charge >= 0.3 is 12.1 Å². The highest BCUT2D eigenvalue weighted by Crippen LogP contribution is 2.13. The van der Waals surface area contributed by atoms with E-state index in [1.807, 2.05) is 12.1 Å². The van der Waals surface area contributed by atoms with Crippen molar-refractivity contribution in [2.75, 3.05) is 13.1 Å². The number of carboxylic acid groups (broad SMARTS) is 1. The molecule has 1 aliphatic rings. The van der Waals surface area contributed by atoms with Crippen LogP contribution in [0.4, 0.5) is 13.2 Å². The number of halogens is 3. The Kier molecular flexibility index (Phi) is 7.10. The second kappa shape index (κ2) is 8.58. The van der Waals surface area contributed by atoms with Crippen LogP contribution in [0.3, 0.4) is 0 Å². The second-order valence-electron chi connectivity index (χ2n) is 4.42. The first-order valence-electron chi connectivity index (χ1n) is 6.41. The second-order valence-corrected chi connectivity index (χ2v) is 4.42. The SMILES string of the molecule is O=C(O)C(F)(F)F.c1cc(COC2CCNCC2)ccn1. The van der Waals surface area contributed by atoms with E-state index >= 15 is 0 Å². The van der Waals surface area contributed by atoms with Crippen LogP contribution in [0.1, 0.15) is 18.4 Å². The van der Waals surface area contributed by atoms with E-state index in [0.717, 1.165) is 25.9 Å². The molecular weight excluding hydrogens is 289 g/mol. The summed E-state index contributed by atoms with van der Waals surface area (Å²) in [6.45, 7) is 2.88. The number of ether oxygens (including phenoxy) is 1. The van der Waals surface area contributed by atoms with Crippen LogP contribution >= 0.6 is 0 Å². The number of pyridine rings is 1. The number of carboxylic acids is 1. The van der Waals surface area contributed by atoms with Gasteiger partial charge in [0.15, 0.2) is 0 Å². The van der Waals surface area contributed by atoms with E-state index in [1.165, 1.54) is 5.56 Å². The quantitative estimate of drug-likeness (QED) is 0.893. The third-order valence-corrected chi connectivity index (χ3v) is 2.76. The lowest BCUT2D eigenvalue weighted by Gasteiger charge is -2.22. The molecule has 1 aromatic rings. The molecule has 2 N–H and O–H groups in total. The van der Waals surface area contributed by atoms with Crippen LogP contribution in [0, 0.1) is 0 Å². The third kappa shape index (κ3) is 7.62. The number of hydrogen-bond donors (Lipinski definition) is 2. The van der Waals surface area contributed by atoms with Crippen LogP contribution in [0.15, 0.2) is 24.5 Å². The summed E-state index contributed by atoms with van der Waals surface area (Å²) in [6.07, 6.45) is 1.22. The van der Waals surface area contributed by atoms with E-state index in [1.54, 1.807) is 12.4 Å². The van der Waals surface area contributed by atoms with Crippen LogP contribution in [-0.4, -0.2) is 41.4 Å². The summed E-state index contributed by atoms with van der Waals surface area (Å²) in [6, 6.07) is 4.00. The van der Waals surface area contributed by atoms with Gasteiger partial charge in [-0.2, -0.15) is 13.2 Å². The molecule has 2 heterocycles. The van der Waals surface area contributed by atoms with Crippen molar-refractivity contribution in [1.29, 1.82) is 0 Å². The van der Waals surface area contributed by atoms with E-state index in [-0.39, 0.29) is 0 Å². The molecule has 0 atom stereocenters. The lowest BCUT2D eigenvalue weighted by Crippen LogP contribution is -2.32. The number of rotatable bonds is 3. The summed E-state index contributed by atoms with van der Waals surface area (Å²) in [5.41, 5.74) is 1.21. The Hall–Kier alpha value is -1.67. The van der Waals surface area contributed by atoms with E-state index < -0.39 is 12.1 Å². The highest BCUT2D eigenvalue weighted by molar-refractivity contribution is 5.73. The molecule has 0 bridgehead atoms. The number of alkyl halides is 3. The summed E-state index contributed by atoms with van der Waals surface area (Å²) >= 11 is 0. The molecular formula is C13H17F3N2O3.